The maximum Gasteiger partial charge on any atom is 2.00 e. The van der Waals surface area contributed by atoms with E-state index in [1.807, 2.05) is 89.2 Å². The largest absolute Gasteiger partial charge is 2.00 e. The van der Waals surface area contributed by atoms with E-state index in [2.05, 4.69) is 94.4 Å². The Morgan fingerprint density at radius 1 is 0.554 bits per heavy atom. The van der Waals surface area contributed by atoms with E-state index < -0.39 is 11.2 Å². The first kappa shape index (κ1) is 69.9. The Bertz CT molecular complexity index is 3280. The number of ether oxygens (including phenoxy) is 6. The van der Waals surface area contributed by atoms with Crippen molar-refractivity contribution in [1.82, 2.24) is 39.9 Å². The van der Waals surface area contributed by atoms with Crippen LogP contribution in [0, 0.1) is 19.8 Å². The predicted octanol–water partition coefficient (Wildman–Crippen LogP) is 13.7. The van der Waals surface area contributed by atoms with Crippen molar-refractivity contribution in [2.45, 2.75) is 164 Å². The summed E-state index contributed by atoms with van der Waals surface area (Å²) in [5, 5.41) is 17.2. The zero-order valence-electron chi connectivity index (χ0n) is 53.4. The Balaban J connectivity index is 0.00000104. The second kappa shape index (κ2) is 30.5. The summed E-state index contributed by atoms with van der Waals surface area (Å²) in [6.07, 6.45) is 4.53. The van der Waals surface area contributed by atoms with Crippen LogP contribution in [0.3, 0.4) is 0 Å². The number of aryl methyl sites for hydroxylation is 1. The summed E-state index contributed by atoms with van der Waals surface area (Å²) in [7, 11) is 6.10. The third-order valence-electron chi connectivity index (χ3n) is 14.9. The summed E-state index contributed by atoms with van der Waals surface area (Å²) in [5.41, 5.74) is 6.26. The number of fused-ring (bicyclic) bond motifs is 15. The number of hydrogen-bond acceptors (Lipinski definition) is 14. The van der Waals surface area contributed by atoms with Gasteiger partial charge in [0.25, 0.3) is 0 Å². The molecule has 446 valence electrons. The van der Waals surface area contributed by atoms with Gasteiger partial charge in [0, 0.05) is 74.4 Å². The van der Waals surface area contributed by atoms with Crippen molar-refractivity contribution in [3.05, 3.63) is 101 Å². The van der Waals surface area contributed by atoms with E-state index in [0.717, 1.165) is 80.1 Å². The molecule has 2 aliphatic heterocycles. The number of aromatic nitrogens is 8. The Labute approximate surface area is 506 Å². The average Bonchev–Trinajstić information content (AvgIpc) is 4.15. The molecule has 0 fully saturated rings. The molecule has 0 aliphatic carbocycles. The molecule has 6 bridgehead atoms. The minimum Gasteiger partial charge on any atom is -0.493 e. The van der Waals surface area contributed by atoms with Crippen LogP contribution in [0.2, 0.25) is 0 Å². The summed E-state index contributed by atoms with van der Waals surface area (Å²) >= 11 is 0. The molecule has 83 heavy (non-hydrogen) atoms. The first-order chi connectivity index (χ1) is 38.8. The molecule has 0 saturated carbocycles. The summed E-state index contributed by atoms with van der Waals surface area (Å²) in [5.74, 6) is 3.42. The van der Waals surface area contributed by atoms with Gasteiger partial charge in [-0.1, -0.05) is 94.4 Å². The quantitative estimate of drug-likeness (QED) is 0.0682. The van der Waals surface area contributed by atoms with Gasteiger partial charge in [0.1, 0.15) is 5.75 Å². The molecule has 17 heteroatoms. The number of benzene rings is 4. The number of methoxy groups -OCH3 is 3. The van der Waals surface area contributed by atoms with Gasteiger partial charge in [-0.25, -0.2) is 9.97 Å². The summed E-state index contributed by atoms with van der Waals surface area (Å²) in [4.78, 5) is 41.7. The van der Waals surface area contributed by atoms with Crippen molar-refractivity contribution >= 4 is 22.1 Å². The van der Waals surface area contributed by atoms with Gasteiger partial charge in [0.2, 0.25) is 0 Å². The predicted molar refractivity (Wildman–Crippen MR) is 329 cm³/mol. The van der Waals surface area contributed by atoms with Gasteiger partial charge >= 0.3 is 19.5 Å². The van der Waals surface area contributed by atoms with Crippen molar-refractivity contribution in [3.8, 4) is 62.7 Å². The van der Waals surface area contributed by atoms with E-state index >= 15 is 0 Å². The topological polar surface area (TPSA) is 201 Å². The Hall–Kier alpha value is -5.62. The fraction of sp³-hybridized carbons (Fsp3) is 0.515. The Morgan fingerprint density at radius 2 is 1.04 bits per heavy atom. The van der Waals surface area contributed by atoms with Crippen LogP contribution < -0.4 is 14.7 Å². The normalized spacial score (nSPS) is 12.1. The third-order valence-corrected chi connectivity index (χ3v) is 14.9. The van der Waals surface area contributed by atoms with Crippen LogP contribution in [0.15, 0.2) is 79.1 Å². The maximum atomic E-state index is 8.45. The number of aliphatic hydroxyl groups excluding tert-OH is 2. The van der Waals surface area contributed by atoms with E-state index in [4.69, 9.17) is 78.5 Å². The third kappa shape index (κ3) is 17.5. The number of nitrogens with zero attached hydrogens (tertiary/aromatic N) is 8. The van der Waals surface area contributed by atoms with Gasteiger partial charge in [0.05, 0.1) is 71.1 Å². The molecule has 0 unspecified atom stereocenters. The summed E-state index contributed by atoms with van der Waals surface area (Å²) in [6, 6.07) is 24.3. The van der Waals surface area contributed by atoms with Gasteiger partial charge < -0.3 is 68.5 Å². The number of hydrogen-bond donors (Lipinski definition) is 2. The molecular weight excluding hydrogens is 1100 g/mol. The van der Waals surface area contributed by atoms with E-state index in [1.54, 1.807) is 21.3 Å². The molecule has 0 spiro atoms. The molecule has 4 aromatic carbocycles. The molecule has 0 saturated heterocycles. The standard InChI is InChI=1S/C57H68N8O5.C6H14O2.C2H6.CH4O.Zn/c1-34(2)27-30-68-43-26-18-20-37(36(43)4)47-58-33-59-48-39-22-16-24-41(56(9,10)69-31-28-54(5,6)66-13)45(39)52(61-48)64-49-38-21-15-19-35(3)44(38)51(62-49)63-50-40-23-17-25-42(46(40)53(60-47)65-50)57(11,12)70-32-29-55(7,8)67-14;1-6(2,8-3)4-5-7;2*1-2;/h15-26,33-34H,27-32H2,1-14H3;7H,4-5H2,1-3H3;1-2H3;2H,1H3;/q-2;;;;+2. The molecule has 16 nitrogen and oxygen atoms in total. The van der Waals surface area contributed by atoms with Crippen LogP contribution in [0.5, 0.6) is 5.75 Å². The Kier molecular flexibility index (Phi) is 25.6. The van der Waals surface area contributed by atoms with Crippen LogP contribution in [0.4, 0.5) is 0 Å². The molecule has 2 aliphatic rings. The monoisotopic (exact) mass is 1190 g/mol. The zero-order valence-corrected chi connectivity index (χ0v) is 56.3. The fourth-order valence-electron chi connectivity index (χ4n) is 9.12. The molecule has 0 amide bonds. The van der Waals surface area contributed by atoms with Gasteiger partial charge in [-0.2, -0.15) is 0 Å². The van der Waals surface area contributed by atoms with Crippen LogP contribution in [0.25, 0.3) is 79.0 Å². The van der Waals surface area contributed by atoms with Crippen LogP contribution in [-0.4, -0.2) is 112 Å². The first-order valence-electron chi connectivity index (χ1n) is 28.6. The molecule has 0 atom stereocenters. The smallest absolute Gasteiger partial charge is 0.493 e. The van der Waals surface area contributed by atoms with Crippen LogP contribution in [0.1, 0.15) is 145 Å². The van der Waals surface area contributed by atoms with E-state index in [1.165, 1.54) is 6.33 Å². The molecular formula is C66H92N8O8Zn. The second-order valence-electron chi connectivity index (χ2n) is 23.3. The molecule has 4 heterocycles. The molecule has 0 radical (unpaired) electrons. The summed E-state index contributed by atoms with van der Waals surface area (Å²) in [6.45, 7) is 34.6. The maximum absolute atomic E-state index is 8.45. The zero-order chi connectivity index (χ0) is 60.8. The minimum atomic E-state index is -0.770. The van der Waals surface area contributed by atoms with E-state index in [-0.39, 0.29) is 42.9 Å². The summed E-state index contributed by atoms with van der Waals surface area (Å²) < 4.78 is 36.2. The molecule has 2 aromatic heterocycles. The second-order valence-corrected chi connectivity index (χ2v) is 23.3. The minimum absolute atomic E-state index is 0. The number of rotatable bonds is 20. The van der Waals surface area contributed by atoms with Gasteiger partial charge in [0.15, 0.2) is 0 Å². The average molecular weight is 1190 g/mol. The van der Waals surface area contributed by atoms with Crippen molar-refractivity contribution < 1.29 is 58.1 Å². The SMILES string of the molecule is CC.CO.COC(C)(C)CCO.COC(C)(C)CCOC(C)(C)c1cccc2c1-c1nc-2nc2[n-]c(nc3nc(nc[n-]c(-c4cccc(OCCC(C)C)c4C)n1)-c1cccc(C(C)(C)OCCC(C)(C)OC)c1-3)c1cccc(C)c21.[Zn+2]. The van der Waals surface area contributed by atoms with Gasteiger partial charge in [-0.3, -0.25) is 0 Å². The van der Waals surface area contributed by atoms with Crippen molar-refractivity contribution in [1.29, 1.82) is 0 Å². The van der Waals surface area contributed by atoms with Gasteiger partial charge in [-0.05, 0) is 166 Å². The number of aliphatic hydroxyl groups is 2. The van der Waals surface area contributed by atoms with E-state index in [0.29, 0.717) is 85.4 Å². The molecule has 2 N–H and O–H groups in total. The van der Waals surface area contributed by atoms with E-state index in [9.17, 15) is 0 Å². The van der Waals surface area contributed by atoms with Crippen molar-refractivity contribution in [3.63, 3.8) is 0 Å². The first-order valence-corrected chi connectivity index (χ1v) is 28.6. The Morgan fingerprint density at radius 3 is 1.57 bits per heavy atom. The van der Waals surface area contributed by atoms with Crippen LogP contribution in [-0.2, 0) is 54.4 Å². The van der Waals surface area contributed by atoms with Crippen LogP contribution >= 0.6 is 0 Å². The van der Waals surface area contributed by atoms with Crippen molar-refractivity contribution in [2.75, 3.05) is 54.9 Å². The molecule has 6 aromatic rings. The fourth-order valence-corrected chi connectivity index (χ4v) is 9.12. The van der Waals surface area contributed by atoms with Gasteiger partial charge in [-0.15, -0.1) is 0 Å². The molecule has 8 rings (SSSR count). The van der Waals surface area contributed by atoms with Crippen molar-refractivity contribution in [2.24, 2.45) is 5.92 Å².